The minimum Gasteiger partial charge on any atom is -0.495 e. The van der Waals surface area contributed by atoms with E-state index >= 15 is 0 Å². The minimum atomic E-state index is -0.249. The Morgan fingerprint density at radius 2 is 1.70 bits per heavy atom. The van der Waals surface area contributed by atoms with Crippen molar-refractivity contribution in [2.45, 2.75) is 20.3 Å². The summed E-state index contributed by atoms with van der Waals surface area (Å²) in [6.45, 7) is 4.70. The largest absolute Gasteiger partial charge is 0.495 e. The van der Waals surface area contributed by atoms with Crippen LogP contribution in [0.4, 0.5) is 16.2 Å². The highest BCUT2D eigenvalue weighted by Gasteiger charge is 2.17. The number of carbonyl (C=O) groups is 2. The van der Waals surface area contributed by atoms with E-state index in [9.17, 15) is 9.59 Å². The van der Waals surface area contributed by atoms with Crippen molar-refractivity contribution in [3.63, 3.8) is 0 Å². The molecular weight excluding hydrogens is 342 g/mol. The van der Waals surface area contributed by atoms with E-state index in [0.29, 0.717) is 30.9 Å². The van der Waals surface area contributed by atoms with Gasteiger partial charge in [0.05, 0.1) is 12.8 Å². The molecule has 0 bridgehead atoms. The zero-order chi connectivity index (χ0) is 19.6. The first-order valence-corrected chi connectivity index (χ1v) is 9.07. The second kappa shape index (κ2) is 10.2. The fourth-order valence-corrected chi connectivity index (χ4v) is 2.54. The van der Waals surface area contributed by atoms with Gasteiger partial charge in [0.2, 0.25) is 5.91 Å². The maximum Gasteiger partial charge on any atom is 0.326 e. The van der Waals surface area contributed by atoms with Crippen molar-refractivity contribution < 1.29 is 14.3 Å². The number of rotatable bonds is 8. The highest BCUT2D eigenvalue weighted by molar-refractivity contribution is 6.02. The van der Waals surface area contributed by atoms with Crippen LogP contribution in [0.3, 0.4) is 0 Å². The number of methoxy groups -OCH3 is 1. The summed E-state index contributed by atoms with van der Waals surface area (Å²) >= 11 is 0. The van der Waals surface area contributed by atoms with Gasteiger partial charge < -0.3 is 15.4 Å². The van der Waals surface area contributed by atoms with Crippen molar-refractivity contribution in [2.24, 2.45) is 5.92 Å². The number of amides is 3. The molecule has 0 saturated heterocycles. The Balaban J connectivity index is 2.06. The Labute approximate surface area is 160 Å². The molecule has 0 aliphatic heterocycles. The minimum absolute atomic E-state index is 0.0136. The zero-order valence-electron chi connectivity index (χ0n) is 16.1. The Bertz CT molecular complexity index is 747. The molecule has 0 aromatic heterocycles. The molecule has 0 fully saturated rings. The van der Waals surface area contributed by atoms with Gasteiger partial charge in [-0.1, -0.05) is 44.2 Å². The number of hydrogen-bond donors (Lipinski definition) is 2. The van der Waals surface area contributed by atoms with Crippen molar-refractivity contribution in [1.29, 1.82) is 0 Å². The smallest absolute Gasteiger partial charge is 0.326 e. The van der Waals surface area contributed by atoms with E-state index in [0.717, 1.165) is 5.69 Å². The quantitative estimate of drug-likeness (QED) is 0.694. The average Bonchev–Trinajstić information content (AvgIpc) is 2.68. The summed E-state index contributed by atoms with van der Waals surface area (Å²) in [6.07, 6.45) is 0.646. The van der Waals surface area contributed by atoms with Crippen molar-refractivity contribution in [3.8, 4) is 5.75 Å². The van der Waals surface area contributed by atoms with Crippen molar-refractivity contribution in [2.75, 3.05) is 30.4 Å². The number of nitrogens with zero attached hydrogens (tertiary/aromatic N) is 1. The summed E-state index contributed by atoms with van der Waals surface area (Å²) in [5.41, 5.74) is 1.40. The summed E-state index contributed by atoms with van der Waals surface area (Å²) < 4.78 is 5.30. The van der Waals surface area contributed by atoms with Gasteiger partial charge in [-0.3, -0.25) is 9.69 Å². The molecule has 0 aliphatic carbocycles. The highest BCUT2D eigenvalue weighted by Crippen LogP contribution is 2.24. The van der Waals surface area contributed by atoms with Crippen molar-refractivity contribution >= 4 is 23.3 Å². The van der Waals surface area contributed by atoms with Gasteiger partial charge in [-0.2, -0.15) is 0 Å². The molecule has 0 spiro atoms. The van der Waals surface area contributed by atoms with E-state index in [1.165, 1.54) is 0 Å². The SMILES string of the molecule is COc1ccccc1NC(=O)N(CCCNC(=O)C(C)C)c1ccccc1. The Hall–Kier alpha value is -3.02. The fraction of sp³-hybridized carbons (Fsp3) is 0.333. The number of anilines is 2. The van der Waals surface area contributed by atoms with Crippen LogP contribution in [-0.4, -0.2) is 32.1 Å². The van der Waals surface area contributed by atoms with E-state index in [1.807, 2.05) is 56.3 Å². The molecule has 2 rings (SSSR count). The molecule has 0 saturated carbocycles. The molecule has 144 valence electrons. The zero-order valence-corrected chi connectivity index (χ0v) is 16.1. The molecule has 6 nitrogen and oxygen atoms in total. The maximum atomic E-state index is 12.9. The molecule has 0 atom stereocenters. The summed E-state index contributed by atoms with van der Waals surface area (Å²) in [4.78, 5) is 26.2. The molecule has 6 heteroatoms. The molecule has 2 aromatic rings. The molecule has 3 amide bonds. The first kappa shape index (κ1) is 20.3. The van der Waals surface area contributed by atoms with Crippen molar-refractivity contribution in [3.05, 3.63) is 54.6 Å². The summed E-state index contributed by atoms with van der Waals surface area (Å²) in [5.74, 6) is 0.562. The van der Waals surface area contributed by atoms with Gasteiger partial charge in [-0.15, -0.1) is 0 Å². The molecular formula is C21H27N3O3. The fourth-order valence-electron chi connectivity index (χ4n) is 2.54. The highest BCUT2D eigenvalue weighted by atomic mass is 16.5. The van der Waals surface area contributed by atoms with Crippen LogP contribution in [0.1, 0.15) is 20.3 Å². The molecule has 2 N–H and O–H groups in total. The van der Waals surface area contributed by atoms with E-state index in [4.69, 9.17) is 4.74 Å². The first-order chi connectivity index (χ1) is 13.0. The number of benzene rings is 2. The van der Waals surface area contributed by atoms with Gasteiger partial charge in [0, 0.05) is 24.7 Å². The van der Waals surface area contributed by atoms with Gasteiger partial charge in [-0.05, 0) is 30.7 Å². The molecule has 2 aromatic carbocycles. The van der Waals surface area contributed by atoms with Crippen LogP contribution >= 0.6 is 0 Å². The van der Waals surface area contributed by atoms with E-state index < -0.39 is 0 Å². The van der Waals surface area contributed by atoms with Crippen LogP contribution in [0.25, 0.3) is 0 Å². The maximum absolute atomic E-state index is 12.9. The summed E-state index contributed by atoms with van der Waals surface area (Å²) in [6, 6.07) is 16.5. The Kier molecular flexibility index (Phi) is 7.67. The van der Waals surface area contributed by atoms with Gasteiger partial charge >= 0.3 is 6.03 Å². The number of nitrogens with one attached hydrogen (secondary N) is 2. The molecule has 0 heterocycles. The summed E-state index contributed by atoms with van der Waals surface area (Å²) in [7, 11) is 1.57. The lowest BCUT2D eigenvalue weighted by Crippen LogP contribution is -2.38. The second-order valence-electron chi connectivity index (χ2n) is 6.42. The predicted molar refractivity (Wildman–Crippen MR) is 108 cm³/mol. The normalized spacial score (nSPS) is 10.4. The monoisotopic (exact) mass is 369 g/mol. The number of ether oxygens (including phenoxy) is 1. The Morgan fingerprint density at radius 3 is 2.37 bits per heavy atom. The molecule has 0 unspecified atom stereocenters. The number of para-hydroxylation sites is 3. The van der Waals surface area contributed by atoms with Crippen LogP contribution in [0.5, 0.6) is 5.75 Å². The van der Waals surface area contributed by atoms with Gasteiger partial charge in [0.15, 0.2) is 0 Å². The second-order valence-corrected chi connectivity index (χ2v) is 6.42. The summed E-state index contributed by atoms with van der Waals surface area (Å²) in [5, 5.41) is 5.78. The third-order valence-corrected chi connectivity index (χ3v) is 4.04. The number of urea groups is 1. The first-order valence-electron chi connectivity index (χ1n) is 9.07. The van der Waals surface area contributed by atoms with Crippen LogP contribution in [-0.2, 0) is 4.79 Å². The lowest BCUT2D eigenvalue weighted by Gasteiger charge is -2.24. The van der Waals surface area contributed by atoms with E-state index in [-0.39, 0.29) is 17.9 Å². The van der Waals surface area contributed by atoms with Crippen LogP contribution < -0.4 is 20.3 Å². The molecule has 0 radical (unpaired) electrons. The number of hydrogen-bond acceptors (Lipinski definition) is 3. The number of carbonyl (C=O) groups excluding carboxylic acids is 2. The van der Waals surface area contributed by atoms with Crippen LogP contribution in [0, 0.1) is 5.92 Å². The average molecular weight is 369 g/mol. The predicted octanol–water partition coefficient (Wildman–Crippen LogP) is 3.90. The van der Waals surface area contributed by atoms with Gasteiger partial charge in [0.25, 0.3) is 0 Å². The van der Waals surface area contributed by atoms with Gasteiger partial charge in [0.1, 0.15) is 5.75 Å². The van der Waals surface area contributed by atoms with Crippen LogP contribution in [0.2, 0.25) is 0 Å². The third-order valence-electron chi connectivity index (χ3n) is 4.04. The van der Waals surface area contributed by atoms with E-state index in [2.05, 4.69) is 10.6 Å². The lowest BCUT2D eigenvalue weighted by atomic mass is 10.2. The topological polar surface area (TPSA) is 70.7 Å². The van der Waals surface area contributed by atoms with Gasteiger partial charge in [-0.25, -0.2) is 4.79 Å². The van der Waals surface area contributed by atoms with Crippen molar-refractivity contribution in [1.82, 2.24) is 5.32 Å². The third kappa shape index (κ3) is 6.02. The Morgan fingerprint density at radius 1 is 1.04 bits per heavy atom. The van der Waals surface area contributed by atoms with Crippen LogP contribution in [0.15, 0.2) is 54.6 Å². The molecule has 0 aliphatic rings. The van der Waals surface area contributed by atoms with E-state index in [1.54, 1.807) is 24.1 Å². The molecule has 27 heavy (non-hydrogen) atoms. The lowest BCUT2D eigenvalue weighted by molar-refractivity contribution is -0.123. The standard InChI is InChI=1S/C21H27N3O3/c1-16(2)20(25)22-14-9-15-24(17-10-5-4-6-11-17)21(26)23-18-12-7-8-13-19(18)27-3/h4-8,10-13,16H,9,14-15H2,1-3H3,(H,22,25)(H,23,26).